The quantitative estimate of drug-likeness (QED) is 0.284. The van der Waals surface area contributed by atoms with E-state index in [2.05, 4.69) is 15.5 Å². The summed E-state index contributed by atoms with van der Waals surface area (Å²) in [4.78, 5) is 24.0. The number of ether oxygens (including phenoxy) is 1. The van der Waals surface area contributed by atoms with Crippen LogP contribution in [0.1, 0.15) is 17.3 Å². The lowest BCUT2D eigenvalue weighted by atomic mass is 10.1. The molecule has 1 amide bonds. The number of phenols is 1. The van der Waals surface area contributed by atoms with Crippen LogP contribution in [0.4, 0.5) is 5.69 Å². The minimum Gasteiger partial charge on any atom is -0.508 e. The summed E-state index contributed by atoms with van der Waals surface area (Å²) in [5.74, 6) is 1.31. The molecule has 0 spiro atoms. The number of Topliss-reactive ketones (excluding diaryl/α,β-unsaturated/α-hetero) is 1. The largest absolute Gasteiger partial charge is 0.508 e. The Bertz CT molecular complexity index is 1300. The summed E-state index contributed by atoms with van der Waals surface area (Å²) >= 11 is 1.25. The number of carbonyl (C=O) groups excluding carboxylic acids is 2. The second-order valence-electron chi connectivity index (χ2n) is 7.36. The van der Waals surface area contributed by atoms with E-state index in [0.29, 0.717) is 28.0 Å². The number of ketones is 1. The molecule has 0 fully saturated rings. The Kier molecular flexibility index (Phi) is 6.93. The molecular formula is C25H22N4O4S. The Balaban J connectivity index is 1.56. The first-order chi connectivity index (χ1) is 16.4. The van der Waals surface area contributed by atoms with E-state index in [0.717, 1.165) is 11.3 Å². The van der Waals surface area contributed by atoms with Crippen LogP contribution in [0.5, 0.6) is 11.5 Å². The molecule has 2 N–H and O–H groups in total. The number of nitrogens with zero attached hydrogens (tertiary/aromatic N) is 3. The van der Waals surface area contributed by atoms with Gasteiger partial charge in [-0.1, -0.05) is 11.8 Å². The SMILES string of the molecule is COc1ccc(-n2c(SCC(=O)Nc3ccc(C(C)=O)cc3)nnc2-c2ccc(O)cc2)cc1. The van der Waals surface area contributed by atoms with Crippen molar-refractivity contribution in [1.29, 1.82) is 0 Å². The van der Waals surface area contributed by atoms with Crippen molar-refractivity contribution in [3.63, 3.8) is 0 Å². The highest BCUT2D eigenvalue weighted by Gasteiger charge is 2.18. The third kappa shape index (κ3) is 5.26. The van der Waals surface area contributed by atoms with Crippen LogP contribution in [0, 0.1) is 0 Å². The molecule has 0 bridgehead atoms. The van der Waals surface area contributed by atoms with Crippen molar-refractivity contribution in [1.82, 2.24) is 14.8 Å². The molecule has 4 rings (SSSR count). The number of hydrogen-bond donors (Lipinski definition) is 2. The number of thioether (sulfide) groups is 1. The van der Waals surface area contributed by atoms with Gasteiger partial charge < -0.3 is 15.2 Å². The Labute approximate surface area is 200 Å². The molecule has 1 aromatic heterocycles. The molecule has 0 atom stereocenters. The zero-order valence-electron chi connectivity index (χ0n) is 18.6. The average Bonchev–Trinajstić information content (AvgIpc) is 3.27. The maximum Gasteiger partial charge on any atom is 0.234 e. The maximum atomic E-state index is 12.5. The van der Waals surface area contributed by atoms with Crippen molar-refractivity contribution < 1.29 is 19.4 Å². The van der Waals surface area contributed by atoms with Crippen molar-refractivity contribution in [3.05, 3.63) is 78.4 Å². The molecule has 8 nitrogen and oxygen atoms in total. The highest BCUT2D eigenvalue weighted by atomic mass is 32.2. The van der Waals surface area contributed by atoms with Gasteiger partial charge in [0, 0.05) is 22.5 Å². The molecule has 0 aliphatic carbocycles. The van der Waals surface area contributed by atoms with Crippen molar-refractivity contribution in [2.75, 3.05) is 18.2 Å². The van der Waals surface area contributed by atoms with Gasteiger partial charge >= 0.3 is 0 Å². The summed E-state index contributed by atoms with van der Waals surface area (Å²) in [6.45, 7) is 1.50. The summed E-state index contributed by atoms with van der Waals surface area (Å²) in [5.41, 5.74) is 2.76. The zero-order chi connectivity index (χ0) is 24.1. The summed E-state index contributed by atoms with van der Waals surface area (Å²) < 4.78 is 7.11. The van der Waals surface area contributed by atoms with E-state index in [9.17, 15) is 14.7 Å². The van der Waals surface area contributed by atoms with Crippen LogP contribution in [-0.4, -0.2) is 44.4 Å². The first-order valence-electron chi connectivity index (χ1n) is 10.4. The lowest BCUT2D eigenvalue weighted by Crippen LogP contribution is -2.14. The van der Waals surface area contributed by atoms with E-state index in [1.807, 2.05) is 28.8 Å². The fourth-order valence-corrected chi connectivity index (χ4v) is 3.99. The number of hydrogen-bond acceptors (Lipinski definition) is 7. The predicted molar refractivity (Wildman–Crippen MR) is 131 cm³/mol. The van der Waals surface area contributed by atoms with E-state index in [4.69, 9.17) is 4.74 Å². The van der Waals surface area contributed by atoms with Crippen molar-refractivity contribution >= 4 is 29.1 Å². The second kappa shape index (κ2) is 10.2. The Hall–Kier alpha value is -4.11. The van der Waals surface area contributed by atoms with Crippen molar-refractivity contribution in [2.45, 2.75) is 12.1 Å². The number of methoxy groups -OCH3 is 1. The highest BCUT2D eigenvalue weighted by Crippen LogP contribution is 2.29. The van der Waals surface area contributed by atoms with Gasteiger partial charge in [-0.15, -0.1) is 10.2 Å². The normalized spacial score (nSPS) is 10.6. The van der Waals surface area contributed by atoms with Crippen LogP contribution in [0.25, 0.3) is 17.1 Å². The van der Waals surface area contributed by atoms with Gasteiger partial charge in [0.05, 0.1) is 12.9 Å². The standard InChI is InChI=1S/C25H22N4O4S/c1-16(30)17-3-7-19(8-4-17)26-23(32)15-34-25-28-27-24(18-5-11-21(31)12-6-18)29(25)20-9-13-22(33-2)14-10-20/h3-14,31H,15H2,1-2H3,(H,26,32). The molecule has 0 aliphatic heterocycles. The number of phenolic OH excluding ortho intramolecular Hbond substituents is 1. The van der Waals surface area contributed by atoms with Gasteiger partial charge in [-0.2, -0.15) is 0 Å². The molecule has 0 saturated carbocycles. The van der Waals surface area contributed by atoms with Gasteiger partial charge in [0.25, 0.3) is 0 Å². The summed E-state index contributed by atoms with van der Waals surface area (Å²) in [6.07, 6.45) is 0. The van der Waals surface area contributed by atoms with Crippen molar-refractivity contribution in [2.24, 2.45) is 0 Å². The third-order valence-electron chi connectivity index (χ3n) is 5.00. The van der Waals surface area contributed by atoms with Gasteiger partial charge in [0.15, 0.2) is 16.8 Å². The molecule has 3 aromatic carbocycles. The number of anilines is 1. The van der Waals surface area contributed by atoms with Gasteiger partial charge in [-0.05, 0) is 79.7 Å². The number of rotatable bonds is 8. The second-order valence-corrected chi connectivity index (χ2v) is 8.30. The molecular weight excluding hydrogens is 452 g/mol. The number of amides is 1. The topological polar surface area (TPSA) is 106 Å². The number of nitrogens with one attached hydrogen (secondary N) is 1. The Morgan fingerprint density at radius 2 is 1.65 bits per heavy atom. The monoisotopic (exact) mass is 474 g/mol. The molecule has 0 unspecified atom stereocenters. The van der Waals surface area contributed by atoms with E-state index in [1.54, 1.807) is 55.6 Å². The lowest BCUT2D eigenvalue weighted by molar-refractivity contribution is -0.113. The molecule has 4 aromatic rings. The summed E-state index contributed by atoms with van der Waals surface area (Å²) in [6, 6.07) is 20.9. The molecule has 0 radical (unpaired) electrons. The number of benzene rings is 3. The summed E-state index contributed by atoms with van der Waals surface area (Å²) in [5, 5.41) is 21.6. The van der Waals surface area contributed by atoms with Crippen molar-refractivity contribution in [3.8, 4) is 28.6 Å². The summed E-state index contributed by atoms with van der Waals surface area (Å²) in [7, 11) is 1.60. The van der Waals surface area contributed by atoms with Crippen LogP contribution in [0.15, 0.2) is 78.0 Å². The van der Waals surface area contributed by atoms with Crippen LogP contribution < -0.4 is 10.1 Å². The van der Waals surface area contributed by atoms with Crippen LogP contribution in [0.2, 0.25) is 0 Å². The van der Waals surface area contributed by atoms with Gasteiger partial charge in [-0.3, -0.25) is 14.2 Å². The van der Waals surface area contributed by atoms with Crippen LogP contribution in [0.3, 0.4) is 0 Å². The molecule has 172 valence electrons. The van der Waals surface area contributed by atoms with E-state index >= 15 is 0 Å². The van der Waals surface area contributed by atoms with Gasteiger partial charge in [-0.25, -0.2) is 0 Å². The van der Waals surface area contributed by atoms with E-state index in [1.165, 1.54) is 18.7 Å². The lowest BCUT2D eigenvalue weighted by Gasteiger charge is -2.11. The zero-order valence-corrected chi connectivity index (χ0v) is 19.4. The number of carbonyl (C=O) groups is 2. The molecule has 0 saturated heterocycles. The molecule has 9 heteroatoms. The minimum atomic E-state index is -0.212. The molecule has 0 aliphatic rings. The van der Waals surface area contributed by atoms with Gasteiger partial charge in [0.2, 0.25) is 5.91 Å². The number of aromatic nitrogens is 3. The first-order valence-corrected chi connectivity index (χ1v) is 11.4. The van der Waals surface area contributed by atoms with E-state index < -0.39 is 0 Å². The van der Waals surface area contributed by atoms with Crippen LogP contribution in [-0.2, 0) is 4.79 Å². The molecule has 34 heavy (non-hydrogen) atoms. The minimum absolute atomic E-state index is 0.0317. The Morgan fingerprint density at radius 3 is 2.26 bits per heavy atom. The Morgan fingerprint density at radius 1 is 0.971 bits per heavy atom. The predicted octanol–water partition coefficient (Wildman–Crippen LogP) is 4.58. The first kappa shape index (κ1) is 23.1. The fourth-order valence-electron chi connectivity index (χ4n) is 3.24. The maximum absolute atomic E-state index is 12.5. The fraction of sp³-hybridized carbons (Fsp3) is 0.120. The van der Waals surface area contributed by atoms with Gasteiger partial charge in [0.1, 0.15) is 11.5 Å². The van der Waals surface area contributed by atoms with Crippen LogP contribution >= 0.6 is 11.8 Å². The number of aromatic hydroxyl groups is 1. The average molecular weight is 475 g/mol. The van der Waals surface area contributed by atoms with E-state index in [-0.39, 0.29) is 23.2 Å². The smallest absolute Gasteiger partial charge is 0.234 e. The highest BCUT2D eigenvalue weighted by molar-refractivity contribution is 7.99. The molecule has 1 heterocycles. The third-order valence-corrected chi connectivity index (χ3v) is 5.93.